The van der Waals surface area contributed by atoms with Gasteiger partial charge in [0.25, 0.3) is 19.4 Å². The summed E-state index contributed by atoms with van der Waals surface area (Å²) >= 11 is 5.27. The Balaban J connectivity index is 0.000000275. The Morgan fingerprint density at radius 1 is 0.785 bits per heavy atom. The van der Waals surface area contributed by atoms with Gasteiger partial charge in [-0.05, 0) is 113 Å². The van der Waals surface area contributed by atoms with Crippen molar-refractivity contribution in [3.63, 3.8) is 0 Å². The number of alkyl halides is 3. The van der Waals surface area contributed by atoms with Gasteiger partial charge in [-0.1, -0.05) is 38.4 Å². The zero-order valence-electron chi connectivity index (χ0n) is 34.1. The number of unbranched alkanes of at least 4 members (excludes halogenated alkanes) is 3. The summed E-state index contributed by atoms with van der Waals surface area (Å²) in [6.07, 6.45) is 6.06. The number of fused-ring (bicyclic) bond motifs is 2. The number of isothiocyanates is 1. The number of aryl methyl sites for hydroxylation is 1. The van der Waals surface area contributed by atoms with Gasteiger partial charge in [-0.25, -0.2) is 4.98 Å². The predicted octanol–water partition coefficient (Wildman–Crippen LogP) is 11.7. The van der Waals surface area contributed by atoms with E-state index in [1.807, 2.05) is 5.38 Å². The van der Waals surface area contributed by atoms with Crippen molar-refractivity contribution in [2.75, 3.05) is 0 Å². The number of rotatable bonds is 16. The number of thiocarbonyl (C=S) groups is 1. The standard InChI is InChI=1S/C26H15N3O6.C19H21F3N3S.CNS.Ru/c30-13-33-18-1-3-21-16(9-18)5-7-27-25(21)23-11-20(35-15-32)12-24(29-23)26-22-4-2-19(34-14-31)10-17(22)6-8-28-26;1-2-3-4-5-6-13-8-10-26-18(13)14-7-9-25-16(11-14)15(23)12-17(24)19(20,21)22;2-1-3;/h1-15H;7-12,23-24H,2-6H2,1H3;;/q;2*-1;+2/b;15-12-,24-17?;;. The Hall–Kier alpha value is -6.91. The first-order chi connectivity index (χ1) is 30.9. The van der Waals surface area contributed by atoms with Crippen LogP contribution in [0.4, 0.5) is 13.2 Å². The summed E-state index contributed by atoms with van der Waals surface area (Å²) in [6.45, 7) is 3.23. The summed E-state index contributed by atoms with van der Waals surface area (Å²) in [7, 11) is 0. The fraction of sp³-hybridized carbons (Fsp3) is 0.152. The van der Waals surface area contributed by atoms with Crippen molar-refractivity contribution in [1.82, 2.24) is 19.9 Å². The van der Waals surface area contributed by atoms with E-state index in [9.17, 15) is 27.6 Å². The molecule has 0 saturated heterocycles. The molecule has 0 bridgehead atoms. The van der Waals surface area contributed by atoms with Gasteiger partial charge < -0.3 is 25.4 Å². The number of carbonyl (C=O) groups excluding carboxylic acids is 3. The van der Waals surface area contributed by atoms with E-state index in [-0.39, 0.29) is 30.9 Å². The number of benzene rings is 2. The molecule has 0 fully saturated rings. The summed E-state index contributed by atoms with van der Waals surface area (Å²) in [5.74, 6) is 1.06. The van der Waals surface area contributed by atoms with E-state index in [0.717, 1.165) is 44.8 Å². The molecule has 2 aromatic carbocycles. The molecule has 0 atom stereocenters. The molecule has 2 N–H and O–H groups in total. The van der Waals surface area contributed by atoms with Crippen LogP contribution in [-0.4, -0.2) is 56.4 Å². The molecule has 0 unspecified atom stereocenters. The molecule has 65 heavy (non-hydrogen) atoms. The zero-order valence-corrected chi connectivity index (χ0v) is 37.5. The third-order valence-corrected chi connectivity index (χ3v) is 10.3. The van der Waals surface area contributed by atoms with Crippen molar-refractivity contribution in [3.8, 4) is 50.5 Å². The molecule has 0 aliphatic rings. The monoisotopic (exact) mass is 1010 g/mol. The molecule has 5 aromatic heterocycles. The number of halogens is 3. The fourth-order valence-electron chi connectivity index (χ4n) is 6.40. The van der Waals surface area contributed by atoms with Crippen molar-refractivity contribution >= 4 is 81.1 Å². The normalized spacial score (nSPS) is 10.8. The van der Waals surface area contributed by atoms with Gasteiger partial charge in [0.1, 0.15) is 23.0 Å². The first-order valence-electron chi connectivity index (χ1n) is 19.2. The van der Waals surface area contributed by atoms with E-state index in [1.165, 1.54) is 36.2 Å². The molecule has 5 heterocycles. The Morgan fingerprint density at radius 2 is 1.32 bits per heavy atom. The first-order valence-corrected chi connectivity index (χ1v) is 20.5. The van der Waals surface area contributed by atoms with Crippen LogP contribution in [0.3, 0.4) is 0 Å². The van der Waals surface area contributed by atoms with Crippen LogP contribution < -0.4 is 14.2 Å². The molecule has 7 rings (SSSR count). The number of nitrogens with one attached hydrogen (secondary N) is 2. The van der Waals surface area contributed by atoms with Crippen LogP contribution in [0.1, 0.15) is 43.9 Å². The maximum Gasteiger partial charge on any atom is 2.00 e. The molecule has 0 radical (unpaired) electrons. The third-order valence-electron chi connectivity index (χ3n) is 9.25. The van der Waals surface area contributed by atoms with E-state index in [0.29, 0.717) is 59.8 Å². The molecular weight excluding hydrogens is 969 g/mol. The Morgan fingerprint density at radius 3 is 1.85 bits per heavy atom. The smallest absolute Gasteiger partial charge is 0.753 e. The maximum absolute atomic E-state index is 12.5. The summed E-state index contributed by atoms with van der Waals surface area (Å²) < 4.78 is 52.5. The maximum atomic E-state index is 12.5. The molecule has 332 valence electrons. The molecule has 13 nitrogen and oxygen atoms in total. The van der Waals surface area contributed by atoms with Gasteiger partial charge >= 0.3 is 25.7 Å². The van der Waals surface area contributed by atoms with E-state index in [1.54, 1.807) is 96.5 Å². The number of allylic oxidation sites excluding steroid dienone is 1. The molecule has 0 spiro atoms. The average molecular weight is 1010 g/mol. The summed E-state index contributed by atoms with van der Waals surface area (Å²) in [4.78, 5) is 51.3. The van der Waals surface area contributed by atoms with Gasteiger partial charge in [0, 0.05) is 52.1 Å². The van der Waals surface area contributed by atoms with Crippen LogP contribution in [0.2, 0.25) is 0 Å². The minimum Gasteiger partial charge on any atom is -0.753 e. The summed E-state index contributed by atoms with van der Waals surface area (Å²) in [5, 5.41) is 20.6. The second kappa shape index (κ2) is 24.8. The van der Waals surface area contributed by atoms with Crippen LogP contribution in [0, 0.1) is 5.41 Å². The van der Waals surface area contributed by atoms with Crippen molar-refractivity contribution in [2.45, 2.75) is 45.2 Å². The van der Waals surface area contributed by atoms with Crippen molar-refractivity contribution in [2.24, 2.45) is 0 Å². The number of hydrogen-bond acceptors (Lipinski definition) is 13. The third kappa shape index (κ3) is 13.8. The minimum atomic E-state index is -4.76. The number of carbonyl (C=O) groups is 3. The van der Waals surface area contributed by atoms with Gasteiger partial charge in [-0.3, -0.25) is 34.7 Å². The first kappa shape index (κ1) is 50.7. The minimum absolute atomic E-state index is 0. The average Bonchev–Trinajstić information content (AvgIpc) is 3.76. The largest absolute Gasteiger partial charge is 2.00 e. The molecular formula is C46H36F3N7O6RuS2. The number of hydrogen-bond donors (Lipinski definition) is 1. The quantitative estimate of drug-likeness (QED) is 0.0317. The summed E-state index contributed by atoms with van der Waals surface area (Å²) in [5.41, 5.74) is 10.0. The number of nitrogens with zero attached hydrogens (tertiary/aromatic N) is 5. The van der Waals surface area contributed by atoms with Crippen LogP contribution in [-0.2, 0) is 40.3 Å². The molecule has 19 heteroatoms. The van der Waals surface area contributed by atoms with Crippen LogP contribution in [0.25, 0.3) is 71.6 Å². The molecule has 0 aliphatic carbocycles. The second-order valence-electron chi connectivity index (χ2n) is 13.4. The molecule has 0 aliphatic heterocycles. The van der Waals surface area contributed by atoms with Gasteiger partial charge in [-0.15, -0.1) is 17.0 Å². The molecule has 0 amide bonds. The van der Waals surface area contributed by atoms with Crippen LogP contribution >= 0.6 is 23.6 Å². The van der Waals surface area contributed by atoms with E-state index >= 15 is 0 Å². The van der Waals surface area contributed by atoms with E-state index in [4.69, 9.17) is 35.7 Å². The number of aromatic nitrogens is 4. The van der Waals surface area contributed by atoms with Gasteiger partial charge in [0.05, 0.1) is 22.8 Å². The zero-order chi connectivity index (χ0) is 46.1. The van der Waals surface area contributed by atoms with Crippen molar-refractivity contribution < 1.29 is 61.2 Å². The molecule has 0 saturated carbocycles. The SMILES string of the molecule is CCCCCCc1ccsc1-c1ccnc(/C([NH-])=C/C(=N)C(F)(F)F)c1.O=COc1cc(-c2nccc3cc(OC=O)ccc23)nc(-c2nccc3cc(OC=O)ccc23)c1.[N-]=C=S.[Ru+2]. The van der Waals surface area contributed by atoms with Crippen LogP contribution in [0.5, 0.6) is 17.2 Å². The number of pyridine rings is 4. The summed E-state index contributed by atoms with van der Waals surface area (Å²) in [6, 6.07) is 22.6. The second-order valence-corrected chi connectivity index (χ2v) is 14.5. The predicted molar refractivity (Wildman–Crippen MR) is 243 cm³/mol. The Bertz CT molecular complexity index is 2740. The number of thiophene rings is 1. The topological polar surface area (TPSA) is 200 Å². The number of ether oxygens (including phenoxy) is 3. The van der Waals surface area contributed by atoms with Gasteiger partial charge in [-0.2, -0.15) is 18.3 Å². The van der Waals surface area contributed by atoms with Crippen molar-refractivity contribution in [1.29, 1.82) is 5.41 Å². The molecule has 7 aromatic rings. The van der Waals surface area contributed by atoms with E-state index < -0.39 is 17.6 Å². The van der Waals surface area contributed by atoms with Gasteiger partial charge in [0.15, 0.2) is 0 Å². The Kier molecular flexibility index (Phi) is 19.4. The fourth-order valence-corrected chi connectivity index (χ4v) is 7.35. The van der Waals surface area contributed by atoms with Gasteiger partial charge in [0.2, 0.25) is 0 Å². The van der Waals surface area contributed by atoms with Crippen molar-refractivity contribution in [3.05, 3.63) is 131 Å². The van der Waals surface area contributed by atoms with Crippen LogP contribution in [0.15, 0.2) is 109 Å². The Labute approximate surface area is 392 Å². The van der Waals surface area contributed by atoms with E-state index in [2.05, 4.69) is 40.2 Å².